The maximum absolute atomic E-state index is 12.9. The van der Waals surface area contributed by atoms with Crippen molar-refractivity contribution in [2.45, 2.75) is 58.1 Å². The molecule has 4 heterocycles. The summed E-state index contributed by atoms with van der Waals surface area (Å²) in [6.45, 7) is 5.03. The van der Waals surface area contributed by atoms with Gasteiger partial charge in [-0.3, -0.25) is 14.7 Å². The van der Waals surface area contributed by atoms with Gasteiger partial charge in [-0.15, -0.1) is 0 Å². The lowest BCUT2D eigenvalue weighted by Crippen LogP contribution is -2.44. The van der Waals surface area contributed by atoms with Gasteiger partial charge in [0.05, 0.1) is 11.7 Å². The number of aromatic nitrogens is 3. The highest BCUT2D eigenvalue weighted by Crippen LogP contribution is 2.32. The Labute approximate surface area is 146 Å². The molecule has 0 aliphatic carbocycles. The van der Waals surface area contributed by atoms with Crippen molar-refractivity contribution in [3.05, 3.63) is 33.4 Å². The van der Waals surface area contributed by atoms with Crippen LogP contribution in [-0.4, -0.2) is 44.7 Å². The van der Waals surface area contributed by atoms with Gasteiger partial charge < -0.3 is 9.64 Å². The predicted octanol–water partition coefficient (Wildman–Crippen LogP) is 1.87. The summed E-state index contributed by atoms with van der Waals surface area (Å²) in [6.07, 6.45) is 4.39. The molecule has 1 amide bonds. The van der Waals surface area contributed by atoms with Crippen LogP contribution in [0.2, 0.25) is 0 Å². The molecule has 7 nitrogen and oxygen atoms in total. The lowest BCUT2D eigenvalue weighted by molar-refractivity contribution is -0.145. The molecule has 2 aliphatic rings. The Hall–Kier alpha value is -2.15. The fourth-order valence-corrected chi connectivity index (χ4v) is 3.88. The normalized spacial score (nSPS) is 24.2. The van der Waals surface area contributed by atoms with Crippen LogP contribution in [0.25, 0.3) is 5.65 Å². The van der Waals surface area contributed by atoms with Gasteiger partial charge in [0, 0.05) is 30.5 Å². The second-order valence-electron chi connectivity index (χ2n) is 7.08. The summed E-state index contributed by atoms with van der Waals surface area (Å²) >= 11 is 0. The molecule has 2 aromatic rings. The average molecular weight is 344 g/mol. The largest absolute Gasteiger partial charge is 0.368 e. The summed E-state index contributed by atoms with van der Waals surface area (Å²) in [4.78, 5) is 31.8. The van der Waals surface area contributed by atoms with E-state index in [2.05, 4.69) is 10.1 Å². The molecule has 2 atom stereocenters. The van der Waals surface area contributed by atoms with Crippen LogP contribution in [0.15, 0.2) is 10.9 Å². The van der Waals surface area contributed by atoms with E-state index < -0.39 is 0 Å². The van der Waals surface area contributed by atoms with Crippen molar-refractivity contribution in [2.24, 2.45) is 0 Å². The van der Waals surface area contributed by atoms with E-state index in [1.54, 1.807) is 6.92 Å². The van der Waals surface area contributed by atoms with Gasteiger partial charge in [-0.05, 0) is 46.0 Å². The number of rotatable bonds is 2. The molecule has 4 rings (SSSR count). The first-order valence-electron chi connectivity index (χ1n) is 9.07. The minimum absolute atomic E-state index is 0.0489. The summed E-state index contributed by atoms with van der Waals surface area (Å²) in [5, 5.41) is 3.18. The number of piperidine rings is 1. The van der Waals surface area contributed by atoms with E-state index in [-0.39, 0.29) is 23.6 Å². The van der Waals surface area contributed by atoms with Gasteiger partial charge >= 0.3 is 0 Å². The van der Waals surface area contributed by atoms with Gasteiger partial charge in [-0.1, -0.05) is 0 Å². The Bertz CT molecular complexity index is 863. The van der Waals surface area contributed by atoms with E-state index in [1.165, 1.54) is 4.52 Å². The number of aryl methyl sites for hydroxylation is 1. The number of fused-ring (bicyclic) bond motifs is 1. The number of hydrogen-bond acceptors (Lipinski definition) is 4. The molecule has 2 saturated heterocycles. The Morgan fingerprint density at radius 1 is 1.28 bits per heavy atom. The molecule has 0 radical (unpaired) electrons. The number of amides is 1. The smallest absolute Gasteiger partial charge is 0.275 e. The fourth-order valence-electron chi connectivity index (χ4n) is 3.88. The van der Waals surface area contributed by atoms with Crippen molar-refractivity contribution < 1.29 is 9.53 Å². The number of carbonyl (C=O) groups excluding carboxylic acids is 1. The van der Waals surface area contributed by atoms with E-state index in [1.807, 2.05) is 17.9 Å². The van der Waals surface area contributed by atoms with E-state index in [4.69, 9.17) is 4.74 Å². The van der Waals surface area contributed by atoms with Crippen LogP contribution in [0.5, 0.6) is 0 Å². The number of ether oxygens (including phenoxy) is 1. The number of aromatic amines is 1. The number of hydrogen-bond donors (Lipinski definition) is 1. The van der Waals surface area contributed by atoms with Crippen LogP contribution < -0.4 is 5.56 Å². The Balaban J connectivity index is 1.71. The SMILES string of the molecule is Cc1nc2cc([C@@H]3CCCCN3C(=O)[C@H]3CCCO3)[nH]n2c(=O)c1C. The zero-order valence-electron chi connectivity index (χ0n) is 14.7. The minimum Gasteiger partial charge on any atom is -0.368 e. The van der Waals surface area contributed by atoms with E-state index in [0.29, 0.717) is 17.8 Å². The molecule has 2 aliphatic heterocycles. The predicted molar refractivity (Wildman–Crippen MR) is 92.6 cm³/mol. The number of nitrogens with zero attached hydrogens (tertiary/aromatic N) is 3. The number of nitrogens with one attached hydrogen (secondary N) is 1. The Morgan fingerprint density at radius 3 is 2.88 bits per heavy atom. The van der Waals surface area contributed by atoms with Gasteiger partial charge in [0.15, 0.2) is 5.65 Å². The van der Waals surface area contributed by atoms with Gasteiger partial charge in [-0.25, -0.2) is 9.50 Å². The standard InChI is InChI=1S/C18H24N4O3/c1-11-12(2)19-16-10-13(20-22(16)17(11)23)14-6-3-4-8-21(14)18(24)15-7-5-9-25-15/h10,14-15,20H,3-9H2,1-2H3/t14-,15+/m0/s1. The van der Waals surface area contributed by atoms with Gasteiger partial charge in [0.1, 0.15) is 6.10 Å². The third-order valence-corrected chi connectivity index (χ3v) is 5.45. The molecule has 0 unspecified atom stereocenters. The van der Waals surface area contributed by atoms with Crippen molar-refractivity contribution in [1.82, 2.24) is 19.5 Å². The Kier molecular flexibility index (Phi) is 4.11. The van der Waals surface area contributed by atoms with E-state index in [9.17, 15) is 9.59 Å². The molecule has 0 bridgehead atoms. The first-order valence-corrected chi connectivity index (χ1v) is 9.07. The maximum Gasteiger partial charge on any atom is 0.275 e. The summed E-state index contributed by atoms with van der Waals surface area (Å²) in [6, 6.07) is 1.85. The Morgan fingerprint density at radius 2 is 2.12 bits per heavy atom. The molecule has 7 heteroatoms. The van der Waals surface area contributed by atoms with Crippen LogP contribution in [0, 0.1) is 13.8 Å². The van der Waals surface area contributed by atoms with Crippen LogP contribution in [0.3, 0.4) is 0 Å². The van der Waals surface area contributed by atoms with Crippen LogP contribution in [0.1, 0.15) is 55.1 Å². The molecule has 1 N–H and O–H groups in total. The van der Waals surface area contributed by atoms with Crippen molar-refractivity contribution in [2.75, 3.05) is 13.2 Å². The third kappa shape index (κ3) is 2.76. The highest BCUT2D eigenvalue weighted by Gasteiger charge is 2.35. The molecular formula is C18H24N4O3. The van der Waals surface area contributed by atoms with Gasteiger partial charge in [0.2, 0.25) is 0 Å². The van der Waals surface area contributed by atoms with Crippen molar-refractivity contribution in [3.63, 3.8) is 0 Å². The molecule has 134 valence electrons. The lowest BCUT2D eigenvalue weighted by Gasteiger charge is -2.36. The molecule has 0 aromatic carbocycles. The van der Waals surface area contributed by atoms with E-state index in [0.717, 1.165) is 50.0 Å². The fraction of sp³-hybridized carbons (Fsp3) is 0.611. The zero-order chi connectivity index (χ0) is 17.6. The third-order valence-electron chi connectivity index (χ3n) is 5.45. The number of H-pyrrole nitrogens is 1. The molecule has 2 fully saturated rings. The molecule has 2 aromatic heterocycles. The lowest BCUT2D eigenvalue weighted by atomic mass is 9.98. The van der Waals surface area contributed by atoms with Crippen molar-refractivity contribution in [1.29, 1.82) is 0 Å². The van der Waals surface area contributed by atoms with Gasteiger partial charge in [-0.2, -0.15) is 0 Å². The highest BCUT2D eigenvalue weighted by molar-refractivity contribution is 5.81. The first-order chi connectivity index (χ1) is 12.1. The van der Waals surface area contributed by atoms with Crippen molar-refractivity contribution >= 4 is 11.6 Å². The highest BCUT2D eigenvalue weighted by atomic mass is 16.5. The quantitative estimate of drug-likeness (QED) is 0.902. The summed E-state index contributed by atoms with van der Waals surface area (Å²) in [5.41, 5.74) is 2.79. The second-order valence-corrected chi connectivity index (χ2v) is 7.08. The topological polar surface area (TPSA) is 79.7 Å². The summed E-state index contributed by atoms with van der Waals surface area (Å²) in [7, 11) is 0. The first kappa shape index (κ1) is 16.3. The number of likely N-dealkylation sites (tertiary alicyclic amines) is 1. The summed E-state index contributed by atoms with van der Waals surface area (Å²) in [5.74, 6) is 0.0773. The maximum atomic E-state index is 12.9. The second kappa shape index (κ2) is 6.29. The minimum atomic E-state index is -0.310. The molecule has 0 saturated carbocycles. The number of carbonyl (C=O) groups is 1. The monoisotopic (exact) mass is 344 g/mol. The average Bonchev–Trinajstić information content (AvgIpc) is 3.29. The molecule has 0 spiro atoms. The molecule has 25 heavy (non-hydrogen) atoms. The summed E-state index contributed by atoms with van der Waals surface area (Å²) < 4.78 is 7.08. The van der Waals surface area contributed by atoms with E-state index >= 15 is 0 Å². The van der Waals surface area contributed by atoms with Crippen LogP contribution in [-0.2, 0) is 9.53 Å². The molecular weight excluding hydrogens is 320 g/mol. The van der Waals surface area contributed by atoms with Gasteiger partial charge in [0.25, 0.3) is 11.5 Å². The van der Waals surface area contributed by atoms with Crippen LogP contribution in [0.4, 0.5) is 0 Å². The van der Waals surface area contributed by atoms with Crippen molar-refractivity contribution in [3.8, 4) is 0 Å². The zero-order valence-corrected chi connectivity index (χ0v) is 14.7. The van der Waals surface area contributed by atoms with Crippen LogP contribution >= 0.6 is 0 Å².